The Morgan fingerprint density at radius 1 is 1.07 bits per heavy atom. The number of nitrogens with one attached hydrogen (secondary N) is 1. The molecule has 0 unspecified atom stereocenters. The Bertz CT molecular complexity index is 1150. The molecule has 0 radical (unpaired) electrons. The third kappa shape index (κ3) is 3.30. The van der Waals surface area contributed by atoms with Crippen molar-refractivity contribution in [1.29, 1.82) is 0 Å². The second-order valence-corrected chi connectivity index (χ2v) is 6.06. The molecular weight excluding hydrogens is 342 g/mol. The molecule has 7 nitrogen and oxygen atoms in total. The smallest absolute Gasteiger partial charge is 0.271 e. The van der Waals surface area contributed by atoms with Gasteiger partial charge in [0, 0.05) is 41.7 Å². The van der Waals surface area contributed by atoms with E-state index in [0.717, 1.165) is 27.6 Å². The highest BCUT2D eigenvalue weighted by atomic mass is 16.6. The average molecular weight is 357 g/mol. The average Bonchev–Trinajstić information content (AvgIpc) is 2.69. The minimum atomic E-state index is -0.427. The summed E-state index contributed by atoms with van der Waals surface area (Å²) in [5.74, 6) is 0.365. The molecule has 0 bridgehead atoms. The van der Waals surface area contributed by atoms with Crippen molar-refractivity contribution < 1.29 is 4.92 Å². The molecule has 1 N–H and O–H groups in total. The van der Waals surface area contributed by atoms with Crippen molar-refractivity contribution in [2.24, 2.45) is 0 Å². The van der Waals surface area contributed by atoms with Crippen molar-refractivity contribution in [2.75, 3.05) is 5.32 Å². The van der Waals surface area contributed by atoms with Gasteiger partial charge in [-0.25, -0.2) is 9.97 Å². The van der Waals surface area contributed by atoms with Crippen LogP contribution in [0.1, 0.15) is 5.56 Å². The molecule has 2 aromatic heterocycles. The molecular formula is C20H15N5O2. The number of anilines is 2. The molecule has 27 heavy (non-hydrogen) atoms. The van der Waals surface area contributed by atoms with Gasteiger partial charge in [-0.3, -0.25) is 15.1 Å². The van der Waals surface area contributed by atoms with E-state index in [1.807, 2.05) is 43.5 Å². The number of nitro groups is 1. The van der Waals surface area contributed by atoms with Crippen molar-refractivity contribution in [1.82, 2.24) is 15.0 Å². The number of non-ortho nitro benzene ring substituents is 1. The maximum absolute atomic E-state index is 11.0. The van der Waals surface area contributed by atoms with Gasteiger partial charge in [-0.05, 0) is 23.9 Å². The van der Waals surface area contributed by atoms with E-state index in [-0.39, 0.29) is 5.69 Å². The van der Waals surface area contributed by atoms with Gasteiger partial charge in [0.25, 0.3) is 5.69 Å². The lowest BCUT2D eigenvalue weighted by Gasteiger charge is -2.10. The summed E-state index contributed by atoms with van der Waals surface area (Å²) in [5, 5.41) is 16.2. The molecule has 0 saturated carbocycles. The number of aryl methyl sites for hydroxylation is 1. The summed E-state index contributed by atoms with van der Waals surface area (Å²) < 4.78 is 0. The summed E-state index contributed by atoms with van der Waals surface area (Å²) in [5.41, 5.74) is 3.09. The molecule has 0 saturated heterocycles. The Hall–Kier alpha value is -3.87. The summed E-state index contributed by atoms with van der Waals surface area (Å²) in [6, 6.07) is 14.4. The van der Waals surface area contributed by atoms with E-state index in [2.05, 4.69) is 20.3 Å². The Morgan fingerprint density at radius 3 is 2.78 bits per heavy atom. The number of fused-ring (bicyclic) bond motifs is 1. The van der Waals surface area contributed by atoms with Crippen LogP contribution in [-0.4, -0.2) is 19.9 Å². The monoisotopic (exact) mass is 357 g/mol. The van der Waals surface area contributed by atoms with Crippen molar-refractivity contribution in [3.8, 4) is 11.3 Å². The van der Waals surface area contributed by atoms with Crippen molar-refractivity contribution in [3.05, 3.63) is 82.8 Å². The molecule has 0 aliphatic carbocycles. The lowest BCUT2D eigenvalue weighted by atomic mass is 10.1. The molecule has 132 valence electrons. The zero-order valence-corrected chi connectivity index (χ0v) is 14.5. The van der Waals surface area contributed by atoms with Gasteiger partial charge < -0.3 is 5.32 Å². The van der Waals surface area contributed by atoms with Crippen LogP contribution in [0.3, 0.4) is 0 Å². The summed E-state index contributed by atoms with van der Waals surface area (Å²) in [7, 11) is 0. The van der Waals surface area contributed by atoms with Crippen LogP contribution >= 0.6 is 0 Å². The largest absolute Gasteiger partial charge is 0.324 e. The van der Waals surface area contributed by atoms with Gasteiger partial charge >= 0.3 is 0 Å². The molecule has 0 spiro atoms. The maximum atomic E-state index is 11.0. The first-order chi connectivity index (χ1) is 13.1. The fourth-order valence-electron chi connectivity index (χ4n) is 2.87. The van der Waals surface area contributed by atoms with Gasteiger partial charge in [-0.2, -0.15) is 0 Å². The van der Waals surface area contributed by atoms with Crippen molar-refractivity contribution in [2.45, 2.75) is 6.92 Å². The van der Waals surface area contributed by atoms with Gasteiger partial charge in [0.1, 0.15) is 0 Å². The number of hydrogen-bond donors (Lipinski definition) is 1. The van der Waals surface area contributed by atoms with E-state index in [1.54, 1.807) is 18.5 Å². The number of hydrogen-bond acceptors (Lipinski definition) is 6. The number of aromatic nitrogens is 3. The van der Waals surface area contributed by atoms with E-state index in [0.29, 0.717) is 11.6 Å². The zero-order chi connectivity index (χ0) is 18.8. The minimum Gasteiger partial charge on any atom is -0.324 e. The van der Waals surface area contributed by atoms with Gasteiger partial charge in [0.2, 0.25) is 5.95 Å². The van der Waals surface area contributed by atoms with Crippen LogP contribution in [0.15, 0.2) is 67.1 Å². The van der Waals surface area contributed by atoms with Gasteiger partial charge in [0.15, 0.2) is 0 Å². The predicted octanol–water partition coefficient (Wildman–Crippen LogP) is 4.65. The molecule has 0 fully saturated rings. The summed E-state index contributed by atoms with van der Waals surface area (Å²) in [6.07, 6.45) is 5.23. The van der Waals surface area contributed by atoms with Gasteiger partial charge in [0.05, 0.1) is 16.3 Å². The number of rotatable bonds is 4. The van der Waals surface area contributed by atoms with Crippen LogP contribution < -0.4 is 5.32 Å². The van der Waals surface area contributed by atoms with E-state index in [9.17, 15) is 10.1 Å². The normalized spacial score (nSPS) is 10.7. The first-order valence-electron chi connectivity index (χ1n) is 8.30. The lowest BCUT2D eigenvalue weighted by molar-refractivity contribution is -0.384. The standard InChI is InChI=1S/C20H15N5O2/c1-13-6-7-15(25(26)27)10-19(13)24-20-22-9-8-18(23-20)17-12-21-11-14-4-2-3-5-16(14)17/h2-12H,1H3,(H,22,23,24). The molecule has 2 aromatic carbocycles. The van der Waals surface area contributed by atoms with Crippen molar-refractivity contribution in [3.63, 3.8) is 0 Å². The summed E-state index contributed by atoms with van der Waals surface area (Å²) in [4.78, 5) is 23.7. The second-order valence-electron chi connectivity index (χ2n) is 6.06. The first kappa shape index (κ1) is 16.6. The third-order valence-electron chi connectivity index (χ3n) is 4.28. The molecule has 0 aliphatic rings. The number of benzene rings is 2. The third-order valence-corrected chi connectivity index (χ3v) is 4.28. The van der Waals surface area contributed by atoms with Crippen LogP contribution in [0.2, 0.25) is 0 Å². The SMILES string of the molecule is Cc1ccc([N+](=O)[O-])cc1Nc1nccc(-c2cncc3ccccc23)n1. The van der Waals surface area contributed by atoms with Crippen LogP contribution in [0, 0.1) is 17.0 Å². The number of pyridine rings is 1. The molecule has 0 atom stereocenters. The molecule has 0 aliphatic heterocycles. The Labute approximate surface area is 154 Å². The maximum Gasteiger partial charge on any atom is 0.271 e. The Morgan fingerprint density at radius 2 is 1.93 bits per heavy atom. The van der Waals surface area contributed by atoms with Gasteiger partial charge in [-0.15, -0.1) is 0 Å². The number of nitro benzene ring substituents is 1. The van der Waals surface area contributed by atoms with E-state index < -0.39 is 4.92 Å². The second kappa shape index (κ2) is 6.80. The highest BCUT2D eigenvalue weighted by molar-refractivity contribution is 5.94. The van der Waals surface area contributed by atoms with Crippen LogP contribution in [-0.2, 0) is 0 Å². The predicted molar refractivity (Wildman–Crippen MR) is 104 cm³/mol. The van der Waals surface area contributed by atoms with E-state index >= 15 is 0 Å². The van der Waals surface area contributed by atoms with Gasteiger partial charge in [-0.1, -0.05) is 30.3 Å². The Kier molecular flexibility index (Phi) is 4.18. The molecule has 4 aromatic rings. The quantitative estimate of drug-likeness (QED) is 0.422. The number of nitrogens with zero attached hydrogens (tertiary/aromatic N) is 4. The fourth-order valence-corrected chi connectivity index (χ4v) is 2.87. The first-order valence-corrected chi connectivity index (χ1v) is 8.30. The lowest BCUT2D eigenvalue weighted by Crippen LogP contribution is -2.00. The van der Waals surface area contributed by atoms with Crippen LogP contribution in [0.5, 0.6) is 0 Å². The molecule has 7 heteroatoms. The van der Waals surface area contributed by atoms with Crippen LogP contribution in [0.4, 0.5) is 17.3 Å². The van der Waals surface area contributed by atoms with E-state index in [4.69, 9.17) is 0 Å². The van der Waals surface area contributed by atoms with E-state index in [1.165, 1.54) is 12.1 Å². The minimum absolute atomic E-state index is 0.0116. The highest BCUT2D eigenvalue weighted by Gasteiger charge is 2.11. The molecule has 4 rings (SSSR count). The topological polar surface area (TPSA) is 93.8 Å². The van der Waals surface area contributed by atoms with Crippen molar-refractivity contribution >= 4 is 28.1 Å². The van der Waals surface area contributed by atoms with Crippen LogP contribution in [0.25, 0.3) is 22.0 Å². The zero-order valence-electron chi connectivity index (χ0n) is 14.5. The summed E-state index contributed by atoms with van der Waals surface area (Å²) in [6.45, 7) is 1.87. The molecule has 2 heterocycles. The molecule has 0 amide bonds. The Balaban J connectivity index is 1.73. The fraction of sp³-hybridized carbons (Fsp3) is 0.0500. The summed E-state index contributed by atoms with van der Waals surface area (Å²) >= 11 is 0. The highest BCUT2D eigenvalue weighted by Crippen LogP contribution is 2.28.